The number of carbonyl (C=O) groups is 1. The summed E-state index contributed by atoms with van der Waals surface area (Å²) in [5.74, 6) is -0.965. The van der Waals surface area contributed by atoms with Crippen molar-refractivity contribution in [3.05, 3.63) is 58.1 Å². The minimum Gasteiger partial charge on any atom is -0.415 e. The van der Waals surface area contributed by atoms with E-state index in [2.05, 4.69) is 41.7 Å². The number of nitrogens with one attached hydrogen (secondary N) is 2. The Hall–Kier alpha value is -2.88. The van der Waals surface area contributed by atoms with Crippen LogP contribution in [0.2, 0.25) is 0 Å². The molecule has 7 nitrogen and oxygen atoms in total. The van der Waals surface area contributed by atoms with Gasteiger partial charge in [-0.1, -0.05) is 15.9 Å². The Bertz CT molecular complexity index is 947. The Morgan fingerprint density at radius 3 is 2.70 bits per heavy atom. The first-order valence-corrected chi connectivity index (χ1v) is 8.59. The quantitative estimate of drug-likeness (QED) is 0.608. The molecule has 0 atom stereocenters. The molecule has 1 aromatic carbocycles. The van der Waals surface area contributed by atoms with Crippen molar-refractivity contribution in [3.8, 4) is 11.5 Å². The maximum absolute atomic E-state index is 12.5. The highest BCUT2D eigenvalue weighted by Gasteiger charge is 2.17. The zero-order valence-corrected chi connectivity index (χ0v) is 15.6. The predicted molar refractivity (Wildman–Crippen MR) is 97.3 cm³/mol. The van der Waals surface area contributed by atoms with Gasteiger partial charge in [-0.3, -0.25) is 9.78 Å². The number of aromatic nitrogens is 3. The molecule has 0 unspecified atom stereocenters. The van der Waals surface area contributed by atoms with Gasteiger partial charge in [0.05, 0.1) is 23.4 Å². The summed E-state index contributed by atoms with van der Waals surface area (Å²) in [6, 6.07) is 8.67. The van der Waals surface area contributed by atoms with Gasteiger partial charge in [-0.05, 0) is 30.3 Å². The SMILES string of the molecule is CNC(=O)c1cc(Br)ccc1NCc1ccc(-c2nnc(C(F)F)o2)cn1. The number of carbonyl (C=O) groups excluding carboxylic acids is 1. The normalized spacial score (nSPS) is 10.9. The monoisotopic (exact) mass is 437 g/mol. The third-order valence-corrected chi connectivity index (χ3v) is 4.11. The minimum absolute atomic E-state index is 0.0212. The van der Waals surface area contributed by atoms with Crippen LogP contribution in [0, 0.1) is 0 Å². The molecule has 3 aromatic rings. The summed E-state index contributed by atoms with van der Waals surface area (Å²) in [7, 11) is 1.56. The topological polar surface area (TPSA) is 92.9 Å². The van der Waals surface area contributed by atoms with Crippen molar-refractivity contribution in [1.29, 1.82) is 0 Å². The molecule has 0 saturated carbocycles. The van der Waals surface area contributed by atoms with Crippen molar-refractivity contribution in [2.24, 2.45) is 0 Å². The number of amides is 1. The Kier molecular flexibility index (Phi) is 5.75. The van der Waals surface area contributed by atoms with Crippen LogP contribution < -0.4 is 10.6 Å². The van der Waals surface area contributed by atoms with Crippen molar-refractivity contribution >= 4 is 27.5 Å². The number of nitrogens with zero attached hydrogens (tertiary/aromatic N) is 3. The van der Waals surface area contributed by atoms with Crippen LogP contribution in [-0.4, -0.2) is 28.1 Å². The standard InChI is InChI=1S/C17H14BrF2N5O2/c1-21-15(26)12-6-10(18)3-5-13(12)23-8-11-4-2-9(7-22-11)16-24-25-17(27-16)14(19)20/h2-7,14,23H,8H2,1H3,(H,21,26). The molecular weight excluding hydrogens is 424 g/mol. The fourth-order valence-corrected chi connectivity index (χ4v) is 2.64. The molecule has 3 rings (SSSR count). The van der Waals surface area contributed by atoms with Gasteiger partial charge in [0, 0.05) is 23.4 Å². The van der Waals surface area contributed by atoms with Crippen molar-refractivity contribution in [1.82, 2.24) is 20.5 Å². The molecule has 2 heterocycles. The Morgan fingerprint density at radius 1 is 1.26 bits per heavy atom. The first kappa shape index (κ1) is 18.9. The second kappa shape index (κ2) is 8.21. The van der Waals surface area contributed by atoms with Crippen LogP contribution in [-0.2, 0) is 6.54 Å². The maximum atomic E-state index is 12.5. The van der Waals surface area contributed by atoms with E-state index in [1.165, 1.54) is 6.20 Å². The number of rotatable bonds is 6. The van der Waals surface area contributed by atoms with E-state index in [4.69, 9.17) is 4.42 Å². The lowest BCUT2D eigenvalue weighted by molar-refractivity contribution is 0.0963. The highest BCUT2D eigenvalue weighted by molar-refractivity contribution is 9.10. The highest BCUT2D eigenvalue weighted by atomic mass is 79.9. The van der Waals surface area contributed by atoms with Crippen LogP contribution in [0.1, 0.15) is 28.4 Å². The van der Waals surface area contributed by atoms with E-state index < -0.39 is 12.3 Å². The van der Waals surface area contributed by atoms with E-state index in [1.807, 2.05) is 6.07 Å². The number of anilines is 1. The average Bonchev–Trinajstić information content (AvgIpc) is 3.17. The summed E-state index contributed by atoms with van der Waals surface area (Å²) in [6.45, 7) is 0.359. The second-order valence-electron chi connectivity index (χ2n) is 5.41. The zero-order valence-electron chi connectivity index (χ0n) is 14.0. The maximum Gasteiger partial charge on any atom is 0.314 e. The third kappa shape index (κ3) is 4.45. The fourth-order valence-electron chi connectivity index (χ4n) is 2.27. The third-order valence-electron chi connectivity index (χ3n) is 3.61. The molecule has 27 heavy (non-hydrogen) atoms. The summed E-state index contributed by atoms with van der Waals surface area (Å²) < 4.78 is 30.7. The van der Waals surface area contributed by atoms with Crippen LogP contribution >= 0.6 is 15.9 Å². The molecule has 140 valence electrons. The van der Waals surface area contributed by atoms with Gasteiger partial charge < -0.3 is 15.1 Å². The van der Waals surface area contributed by atoms with Gasteiger partial charge in [0.25, 0.3) is 11.8 Å². The lowest BCUT2D eigenvalue weighted by Crippen LogP contribution is -2.19. The molecule has 2 N–H and O–H groups in total. The van der Waals surface area contributed by atoms with Crippen molar-refractivity contribution in [3.63, 3.8) is 0 Å². The van der Waals surface area contributed by atoms with Gasteiger partial charge in [0.15, 0.2) is 0 Å². The van der Waals surface area contributed by atoms with Crippen LogP contribution in [0.15, 0.2) is 45.4 Å². The van der Waals surface area contributed by atoms with E-state index in [-0.39, 0.29) is 11.8 Å². The van der Waals surface area contributed by atoms with Gasteiger partial charge in [-0.25, -0.2) is 0 Å². The molecule has 0 spiro atoms. The average molecular weight is 438 g/mol. The number of benzene rings is 1. The molecule has 0 fully saturated rings. The molecule has 2 aromatic heterocycles. The van der Waals surface area contributed by atoms with Gasteiger partial charge in [0.1, 0.15) is 0 Å². The molecule has 1 amide bonds. The summed E-state index contributed by atoms with van der Waals surface area (Å²) in [5.41, 5.74) is 2.27. The second-order valence-corrected chi connectivity index (χ2v) is 6.32. The smallest absolute Gasteiger partial charge is 0.314 e. The molecule has 0 aliphatic rings. The lowest BCUT2D eigenvalue weighted by Gasteiger charge is -2.11. The Morgan fingerprint density at radius 2 is 2.07 bits per heavy atom. The van der Waals surface area contributed by atoms with E-state index in [0.717, 1.165) is 4.47 Å². The number of hydrogen-bond acceptors (Lipinski definition) is 6. The van der Waals surface area contributed by atoms with Crippen molar-refractivity contribution in [2.45, 2.75) is 13.0 Å². The summed E-state index contributed by atoms with van der Waals surface area (Å²) >= 11 is 3.34. The number of alkyl halides is 2. The predicted octanol–water partition coefficient (Wildman–Crippen LogP) is 3.80. The van der Waals surface area contributed by atoms with Gasteiger partial charge in [0.2, 0.25) is 5.89 Å². The fraction of sp³-hybridized carbons (Fsp3) is 0.176. The minimum atomic E-state index is -2.82. The lowest BCUT2D eigenvalue weighted by atomic mass is 10.1. The summed E-state index contributed by atoms with van der Waals surface area (Å²) in [6.07, 6.45) is -1.36. The molecule has 0 aliphatic carbocycles. The molecule has 0 radical (unpaired) electrons. The van der Waals surface area contributed by atoms with E-state index in [1.54, 1.807) is 31.3 Å². The van der Waals surface area contributed by atoms with Crippen LogP contribution in [0.3, 0.4) is 0 Å². The molecule has 0 saturated heterocycles. The Labute approximate surface area is 161 Å². The highest BCUT2D eigenvalue weighted by Crippen LogP contribution is 2.24. The number of halogens is 3. The summed E-state index contributed by atoms with van der Waals surface area (Å²) in [5, 5.41) is 12.6. The van der Waals surface area contributed by atoms with E-state index in [0.29, 0.717) is 29.1 Å². The van der Waals surface area contributed by atoms with Crippen LogP contribution in [0.25, 0.3) is 11.5 Å². The summed E-state index contributed by atoms with van der Waals surface area (Å²) in [4.78, 5) is 16.2. The molecule has 10 heteroatoms. The van der Waals surface area contributed by atoms with E-state index in [9.17, 15) is 13.6 Å². The van der Waals surface area contributed by atoms with Gasteiger partial charge in [-0.15, -0.1) is 10.2 Å². The molecular formula is C17H14BrF2N5O2. The zero-order chi connectivity index (χ0) is 19.4. The van der Waals surface area contributed by atoms with Crippen LogP contribution in [0.4, 0.5) is 14.5 Å². The first-order valence-electron chi connectivity index (χ1n) is 7.80. The van der Waals surface area contributed by atoms with Crippen LogP contribution in [0.5, 0.6) is 0 Å². The van der Waals surface area contributed by atoms with E-state index >= 15 is 0 Å². The Balaban J connectivity index is 1.71. The largest absolute Gasteiger partial charge is 0.415 e. The van der Waals surface area contributed by atoms with Gasteiger partial charge >= 0.3 is 6.43 Å². The van der Waals surface area contributed by atoms with Crippen molar-refractivity contribution < 1.29 is 18.0 Å². The number of hydrogen-bond donors (Lipinski definition) is 2. The van der Waals surface area contributed by atoms with Gasteiger partial charge in [-0.2, -0.15) is 8.78 Å². The molecule has 0 aliphatic heterocycles. The first-order chi connectivity index (χ1) is 13.0. The molecule has 0 bridgehead atoms. The van der Waals surface area contributed by atoms with Crippen molar-refractivity contribution in [2.75, 3.05) is 12.4 Å². The number of pyridine rings is 1.